The molecule has 1 amide bonds. The number of nitrogens with one attached hydrogen (secondary N) is 3. The lowest BCUT2D eigenvalue weighted by Gasteiger charge is -2.12. The first-order chi connectivity index (χ1) is 14.2. The number of aromatic nitrogens is 3. The van der Waals surface area contributed by atoms with Crippen LogP contribution in [-0.4, -0.2) is 33.0 Å². The van der Waals surface area contributed by atoms with Crippen LogP contribution in [0.2, 0.25) is 0 Å². The van der Waals surface area contributed by atoms with E-state index in [9.17, 15) is 13.6 Å². The number of carbonyl (C=O) groups is 1. The lowest BCUT2D eigenvalue weighted by atomic mass is 9.99. The van der Waals surface area contributed by atoms with Crippen molar-refractivity contribution in [3.63, 3.8) is 0 Å². The number of anilines is 1. The Balaban J connectivity index is 1.90. The van der Waals surface area contributed by atoms with E-state index in [1.54, 1.807) is 36.5 Å². The summed E-state index contributed by atoms with van der Waals surface area (Å²) in [6.07, 6.45) is 3.37. The summed E-state index contributed by atoms with van der Waals surface area (Å²) in [7, 11) is 0. The molecule has 0 bridgehead atoms. The predicted molar refractivity (Wildman–Crippen MR) is 110 cm³/mol. The van der Waals surface area contributed by atoms with E-state index in [0.717, 1.165) is 42.1 Å². The Labute approximate surface area is 171 Å². The summed E-state index contributed by atoms with van der Waals surface area (Å²) < 4.78 is 27.0. The first-order valence-electron chi connectivity index (χ1n) is 8.88. The number of aryl methyl sites for hydroxylation is 1. The Hall–Kier alpha value is -3.88. The van der Waals surface area contributed by atoms with Crippen LogP contribution in [0.25, 0.3) is 11.1 Å². The van der Waals surface area contributed by atoms with Crippen molar-refractivity contribution in [1.82, 2.24) is 15.2 Å². The van der Waals surface area contributed by atoms with Crippen LogP contribution >= 0.6 is 0 Å². The van der Waals surface area contributed by atoms with Gasteiger partial charge in [-0.05, 0) is 53.9 Å². The van der Waals surface area contributed by atoms with Gasteiger partial charge in [-0.2, -0.15) is 5.10 Å². The molecule has 0 aliphatic heterocycles. The Morgan fingerprint density at radius 1 is 1.17 bits per heavy atom. The van der Waals surface area contributed by atoms with Gasteiger partial charge in [0.05, 0.1) is 17.6 Å². The predicted octanol–water partition coefficient (Wildman–Crippen LogP) is 4.23. The molecular weight excluding hydrogens is 390 g/mol. The van der Waals surface area contributed by atoms with Gasteiger partial charge >= 0.3 is 0 Å². The molecule has 9 heteroatoms. The van der Waals surface area contributed by atoms with Gasteiger partial charge in [0, 0.05) is 30.6 Å². The summed E-state index contributed by atoms with van der Waals surface area (Å²) in [6.45, 7) is 2.61. The first kappa shape index (κ1) is 20.8. The second kappa shape index (κ2) is 8.24. The van der Waals surface area contributed by atoms with Gasteiger partial charge in [0.15, 0.2) is 5.69 Å². The number of benzene rings is 1. The number of halogens is 2. The van der Waals surface area contributed by atoms with E-state index in [2.05, 4.69) is 20.5 Å². The van der Waals surface area contributed by atoms with Crippen molar-refractivity contribution in [3.8, 4) is 11.1 Å². The summed E-state index contributed by atoms with van der Waals surface area (Å²) in [5.41, 5.74) is 2.61. The first-order valence-corrected chi connectivity index (χ1v) is 8.88. The molecule has 3 rings (SSSR count). The molecule has 0 unspecified atom stereocenters. The van der Waals surface area contributed by atoms with Gasteiger partial charge < -0.3 is 10.7 Å². The molecule has 0 aliphatic carbocycles. The monoisotopic (exact) mass is 408 g/mol. The summed E-state index contributed by atoms with van der Waals surface area (Å²) in [5.74, 6) is -3.80. The van der Waals surface area contributed by atoms with Crippen molar-refractivity contribution < 1.29 is 13.6 Å². The average Bonchev–Trinajstić information content (AvgIpc) is 2.74. The van der Waals surface area contributed by atoms with Crippen molar-refractivity contribution in [2.24, 2.45) is 0 Å². The second-order valence-corrected chi connectivity index (χ2v) is 6.69. The van der Waals surface area contributed by atoms with Crippen LogP contribution in [0, 0.1) is 17.7 Å². The number of alkyl halides is 2. The van der Waals surface area contributed by atoms with Crippen LogP contribution < -0.4 is 5.32 Å². The maximum atomic E-state index is 13.5. The van der Waals surface area contributed by atoms with Gasteiger partial charge in [0.25, 0.3) is 11.8 Å². The van der Waals surface area contributed by atoms with E-state index in [1.165, 1.54) is 0 Å². The summed E-state index contributed by atoms with van der Waals surface area (Å²) >= 11 is 0. The van der Waals surface area contributed by atoms with E-state index in [1.807, 2.05) is 6.92 Å². The van der Waals surface area contributed by atoms with Gasteiger partial charge in [-0.15, -0.1) is 5.10 Å². The van der Waals surface area contributed by atoms with Gasteiger partial charge in [0.2, 0.25) is 0 Å². The number of nitrogens with zero attached hydrogens (tertiary/aromatic N) is 3. The molecule has 3 N–H and O–H groups in total. The molecule has 1 aromatic carbocycles. The van der Waals surface area contributed by atoms with Crippen LogP contribution in [0.15, 0.2) is 48.8 Å². The van der Waals surface area contributed by atoms with Gasteiger partial charge in [0.1, 0.15) is 0 Å². The SMILES string of the molecule is Cc1ccc(NC(=O)c2cc(C(C)(F)F)cnn2)cc1-c1ccnc(C(=N)C=N)c1. The zero-order valence-corrected chi connectivity index (χ0v) is 16.2. The second-order valence-electron chi connectivity index (χ2n) is 6.69. The standard InChI is InChI=1S/C21H18F2N6O/c1-12-3-4-15(9-16(12)13-5-6-26-18(7-13)17(25)10-24)28-20(30)19-8-14(11-27-29-19)21(2,22)23/h3-11,24-25H,1-2H3,(H,28,30). The lowest BCUT2D eigenvalue weighted by Crippen LogP contribution is -2.17. The molecule has 0 saturated heterocycles. The number of hydrogen-bond donors (Lipinski definition) is 3. The molecule has 152 valence electrons. The zero-order valence-electron chi connectivity index (χ0n) is 16.2. The topological polar surface area (TPSA) is 115 Å². The molecule has 2 heterocycles. The highest BCUT2D eigenvalue weighted by Gasteiger charge is 2.26. The van der Waals surface area contributed by atoms with Crippen molar-refractivity contribution in [3.05, 3.63) is 71.3 Å². The molecule has 0 saturated carbocycles. The van der Waals surface area contributed by atoms with E-state index in [4.69, 9.17) is 10.8 Å². The minimum absolute atomic E-state index is 0.0230. The molecule has 0 fully saturated rings. The Morgan fingerprint density at radius 3 is 2.63 bits per heavy atom. The van der Waals surface area contributed by atoms with Crippen LogP contribution in [0.4, 0.5) is 14.5 Å². The van der Waals surface area contributed by atoms with Gasteiger partial charge in [-0.25, -0.2) is 8.78 Å². The third-order valence-corrected chi connectivity index (χ3v) is 4.38. The van der Waals surface area contributed by atoms with Crippen LogP contribution in [0.5, 0.6) is 0 Å². The van der Waals surface area contributed by atoms with E-state index < -0.39 is 17.4 Å². The average molecular weight is 408 g/mol. The quantitative estimate of drug-likeness (QED) is 0.529. The van der Waals surface area contributed by atoms with Crippen molar-refractivity contribution in [1.29, 1.82) is 10.8 Å². The Kier molecular flexibility index (Phi) is 5.72. The lowest BCUT2D eigenvalue weighted by molar-refractivity contribution is 0.0169. The summed E-state index contributed by atoms with van der Waals surface area (Å²) in [4.78, 5) is 16.6. The van der Waals surface area contributed by atoms with Crippen molar-refractivity contribution in [2.75, 3.05) is 5.32 Å². The minimum Gasteiger partial charge on any atom is -0.321 e. The third-order valence-electron chi connectivity index (χ3n) is 4.38. The highest BCUT2D eigenvalue weighted by atomic mass is 19.3. The van der Waals surface area contributed by atoms with E-state index >= 15 is 0 Å². The molecule has 3 aromatic rings. The van der Waals surface area contributed by atoms with E-state index in [-0.39, 0.29) is 11.4 Å². The third kappa shape index (κ3) is 4.57. The molecule has 30 heavy (non-hydrogen) atoms. The molecule has 0 aliphatic rings. The van der Waals surface area contributed by atoms with E-state index in [0.29, 0.717) is 11.4 Å². The zero-order chi connectivity index (χ0) is 21.9. The smallest absolute Gasteiger partial charge is 0.276 e. The Morgan fingerprint density at radius 2 is 1.93 bits per heavy atom. The fraction of sp³-hybridized carbons (Fsp3) is 0.143. The minimum atomic E-state index is -3.13. The maximum absolute atomic E-state index is 13.5. The molecule has 7 nitrogen and oxygen atoms in total. The number of pyridine rings is 1. The molecule has 0 radical (unpaired) electrons. The van der Waals surface area contributed by atoms with Crippen LogP contribution in [0.3, 0.4) is 0 Å². The van der Waals surface area contributed by atoms with Gasteiger partial charge in [-0.1, -0.05) is 6.07 Å². The fourth-order valence-electron chi connectivity index (χ4n) is 2.74. The van der Waals surface area contributed by atoms with Crippen molar-refractivity contribution in [2.45, 2.75) is 19.8 Å². The Bertz CT molecular complexity index is 1140. The summed E-state index contributed by atoms with van der Waals surface area (Å²) in [5, 5.41) is 24.7. The fourth-order valence-corrected chi connectivity index (χ4v) is 2.74. The normalized spacial score (nSPS) is 11.1. The largest absolute Gasteiger partial charge is 0.321 e. The number of rotatable bonds is 6. The number of hydrogen-bond acceptors (Lipinski definition) is 6. The van der Waals surface area contributed by atoms with Crippen LogP contribution in [0.1, 0.15) is 34.2 Å². The summed E-state index contributed by atoms with van der Waals surface area (Å²) in [6, 6.07) is 9.66. The highest BCUT2D eigenvalue weighted by molar-refractivity contribution is 6.35. The molecule has 0 atom stereocenters. The number of carbonyl (C=O) groups excluding carboxylic acids is 1. The van der Waals surface area contributed by atoms with Crippen molar-refractivity contribution >= 4 is 23.5 Å². The molecular formula is C21H18F2N6O. The number of amides is 1. The van der Waals surface area contributed by atoms with Gasteiger partial charge in [-0.3, -0.25) is 15.2 Å². The van der Waals surface area contributed by atoms with Crippen LogP contribution in [-0.2, 0) is 5.92 Å². The molecule has 2 aromatic heterocycles. The molecule has 0 spiro atoms. The highest BCUT2D eigenvalue weighted by Crippen LogP contribution is 2.28. The maximum Gasteiger partial charge on any atom is 0.276 e.